The van der Waals surface area contributed by atoms with Crippen LogP contribution in [0.3, 0.4) is 0 Å². The van der Waals surface area contributed by atoms with E-state index in [-0.39, 0.29) is 0 Å². The van der Waals surface area contributed by atoms with Gasteiger partial charge in [-0.3, -0.25) is 0 Å². The van der Waals surface area contributed by atoms with Gasteiger partial charge >= 0.3 is 0 Å². The Morgan fingerprint density at radius 2 is 1.29 bits per heavy atom. The zero-order valence-corrected chi connectivity index (χ0v) is 13.8. The highest BCUT2D eigenvalue weighted by atomic mass is 35.5. The summed E-state index contributed by atoms with van der Waals surface area (Å²) >= 11 is 5.89. The molecule has 3 aromatic carbocycles. The van der Waals surface area contributed by atoms with Crippen molar-refractivity contribution in [1.82, 2.24) is 0 Å². The summed E-state index contributed by atoms with van der Waals surface area (Å²) in [5.74, 6) is 0. The maximum absolute atomic E-state index is 10.4. The molecule has 0 saturated carbocycles. The quantitative estimate of drug-likeness (QED) is 0.611. The van der Waals surface area contributed by atoms with Gasteiger partial charge in [-0.15, -0.1) is 5.73 Å². The van der Waals surface area contributed by atoms with Crippen molar-refractivity contribution in [3.05, 3.63) is 118 Å². The van der Waals surface area contributed by atoms with Crippen molar-refractivity contribution in [3.8, 4) is 0 Å². The summed E-state index contributed by atoms with van der Waals surface area (Å²) in [7, 11) is 0. The lowest BCUT2D eigenvalue weighted by molar-refractivity contribution is 0.229. The highest BCUT2D eigenvalue weighted by Crippen LogP contribution is 2.23. The Bertz CT molecular complexity index is 804. The Balaban J connectivity index is 2.01. The van der Waals surface area contributed by atoms with Crippen LogP contribution in [0.1, 0.15) is 22.8 Å². The van der Waals surface area contributed by atoms with Crippen LogP contribution in [0.4, 0.5) is 0 Å². The average Bonchev–Trinajstić information content (AvgIpc) is 2.64. The molecule has 0 aliphatic carbocycles. The SMILES string of the molecule is OC(C=C=C(c1ccccc1)c1ccccc1)c1ccc(Cl)cc1. The third-order valence-corrected chi connectivity index (χ3v) is 3.97. The van der Waals surface area contributed by atoms with Crippen LogP contribution in [-0.4, -0.2) is 5.11 Å². The molecule has 1 N–H and O–H groups in total. The predicted molar refractivity (Wildman–Crippen MR) is 99.9 cm³/mol. The molecule has 0 spiro atoms. The second kappa shape index (κ2) is 7.81. The summed E-state index contributed by atoms with van der Waals surface area (Å²) in [6, 6.07) is 27.3. The molecule has 0 aromatic heterocycles. The molecule has 3 rings (SSSR count). The minimum atomic E-state index is -0.732. The molecule has 0 bridgehead atoms. The van der Waals surface area contributed by atoms with Crippen molar-refractivity contribution in [3.63, 3.8) is 0 Å². The summed E-state index contributed by atoms with van der Waals surface area (Å²) in [6.45, 7) is 0. The van der Waals surface area contributed by atoms with Crippen molar-refractivity contribution < 1.29 is 5.11 Å². The van der Waals surface area contributed by atoms with E-state index < -0.39 is 6.10 Å². The van der Waals surface area contributed by atoms with Crippen LogP contribution >= 0.6 is 11.6 Å². The van der Waals surface area contributed by atoms with Crippen molar-refractivity contribution in [1.29, 1.82) is 0 Å². The average molecular weight is 333 g/mol. The molecule has 2 heteroatoms. The number of rotatable bonds is 4. The number of hydrogen-bond donors (Lipinski definition) is 1. The van der Waals surface area contributed by atoms with Crippen LogP contribution in [0.5, 0.6) is 0 Å². The number of aliphatic hydroxyl groups excluding tert-OH is 1. The molecule has 0 aliphatic rings. The zero-order valence-electron chi connectivity index (χ0n) is 13.1. The van der Waals surface area contributed by atoms with Gasteiger partial charge < -0.3 is 5.11 Å². The van der Waals surface area contributed by atoms with Crippen LogP contribution in [0.2, 0.25) is 5.02 Å². The fourth-order valence-corrected chi connectivity index (χ4v) is 2.59. The summed E-state index contributed by atoms with van der Waals surface area (Å²) in [6.07, 6.45) is 0.947. The van der Waals surface area contributed by atoms with Gasteiger partial charge in [0.1, 0.15) is 6.10 Å². The van der Waals surface area contributed by atoms with Crippen LogP contribution in [-0.2, 0) is 0 Å². The largest absolute Gasteiger partial charge is 0.384 e. The van der Waals surface area contributed by atoms with E-state index in [4.69, 9.17) is 11.6 Å². The number of hydrogen-bond acceptors (Lipinski definition) is 1. The first-order chi connectivity index (χ1) is 11.7. The third-order valence-electron chi connectivity index (χ3n) is 3.72. The lowest BCUT2D eigenvalue weighted by Crippen LogP contribution is -1.92. The molecule has 0 heterocycles. The summed E-state index contributed by atoms with van der Waals surface area (Å²) in [5.41, 5.74) is 7.12. The number of benzene rings is 3. The Hall–Kier alpha value is -2.57. The molecule has 0 radical (unpaired) electrons. The van der Waals surface area contributed by atoms with Crippen LogP contribution in [0.25, 0.3) is 5.57 Å². The Morgan fingerprint density at radius 1 is 0.792 bits per heavy atom. The van der Waals surface area contributed by atoms with Gasteiger partial charge in [-0.2, -0.15) is 0 Å². The van der Waals surface area contributed by atoms with E-state index in [9.17, 15) is 5.11 Å². The van der Waals surface area contributed by atoms with E-state index in [2.05, 4.69) is 5.73 Å². The van der Waals surface area contributed by atoms with E-state index in [0.717, 1.165) is 22.3 Å². The van der Waals surface area contributed by atoms with Gasteiger partial charge in [0.15, 0.2) is 0 Å². The van der Waals surface area contributed by atoms with Crippen LogP contribution in [0, 0.1) is 0 Å². The van der Waals surface area contributed by atoms with Crippen molar-refractivity contribution in [2.45, 2.75) is 6.10 Å². The fraction of sp³-hybridized carbons (Fsp3) is 0.0455. The molecule has 1 nitrogen and oxygen atoms in total. The molecule has 1 unspecified atom stereocenters. The van der Waals surface area contributed by atoms with Gasteiger partial charge in [-0.1, -0.05) is 84.4 Å². The van der Waals surface area contributed by atoms with E-state index in [1.165, 1.54) is 0 Å². The van der Waals surface area contributed by atoms with Crippen molar-refractivity contribution >= 4 is 17.2 Å². The monoisotopic (exact) mass is 332 g/mol. The summed E-state index contributed by atoms with van der Waals surface area (Å²) in [5, 5.41) is 11.0. The topological polar surface area (TPSA) is 20.2 Å². The molecule has 0 aliphatic heterocycles. The first-order valence-corrected chi connectivity index (χ1v) is 8.13. The second-order valence-corrected chi connectivity index (χ2v) is 5.85. The molecular weight excluding hydrogens is 316 g/mol. The molecule has 3 aromatic rings. The maximum Gasteiger partial charge on any atom is 0.105 e. The van der Waals surface area contributed by atoms with Gasteiger partial charge in [0.2, 0.25) is 0 Å². The first-order valence-electron chi connectivity index (χ1n) is 7.75. The van der Waals surface area contributed by atoms with Gasteiger partial charge in [-0.25, -0.2) is 0 Å². The van der Waals surface area contributed by atoms with Gasteiger partial charge in [0.25, 0.3) is 0 Å². The van der Waals surface area contributed by atoms with E-state index >= 15 is 0 Å². The highest BCUT2D eigenvalue weighted by molar-refractivity contribution is 6.30. The molecule has 0 saturated heterocycles. The molecule has 0 amide bonds. The Morgan fingerprint density at radius 3 is 1.79 bits per heavy atom. The van der Waals surface area contributed by atoms with E-state index in [0.29, 0.717) is 5.02 Å². The molecule has 1 atom stereocenters. The zero-order chi connectivity index (χ0) is 16.8. The van der Waals surface area contributed by atoms with E-state index in [1.807, 2.05) is 72.8 Å². The second-order valence-electron chi connectivity index (χ2n) is 5.41. The number of aliphatic hydroxyl groups is 1. The minimum absolute atomic E-state index is 0.653. The predicted octanol–water partition coefficient (Wildman–Crippen LogP) is 5.66. The number of halogens is 1. The molecule has 24 heavy (non-hydrogen) atoms. The minimum Gasteiger partial charge on any atom is -0.384 e. The normalized spacial score (nSPS) is 11.4. The smallest absolute Gasteiger partial charge is 0.105 e. The standard InChI is InChI=1S/C22H17ClO/c23-20-13-11-19(12-14-20)22(24)16-15-21(17-7-3-1-4-8-17)18-9-5-2-6-10-18/h1-14,16,22,24H. The highest BCUT2D eigenvalue weighted by Gasteiger charge is 2.05. The lowest BCUT2D eigenvalue weighted by atomic mass is 9.98. The molecular formula is C22H17ClO. The van der Waals surface area contributed by atoms with Crippen LogP contribution in [0.15, 0.2) is 96.7 Å². The Kier molecular flexibility index (Phi) is 5.30. The lowest BCUT2D eigenvalue weighted by Gasteiger charge is -2.07. The van der Waals surface area contributed by atoms with Crippen molar-refractivity contribution in [2.24, 2.45) is 0 Å². The fourth-order valence-electron chi connectivity index (χ4n) is 2.46. The molecule has 118 valence electrons. The molecule has 0 fully saturated rings. The van der Waals surface area contributed by atoms with Crippen molar-refractivity contribution in [2.75, 3.05) is 0 Å². The third kappa shape index (κ3) is 4.04. The first kappa shape index (κ1) is 16.3. The summed E-state index contributed by atoms with van der Waals surface area (Å²) in [4.78, 5) is 0. The maximum atomic E-state index is 10.4. The van der Waals surface area contributed by atoms with Crippen LogP contribution < -0.4 is 0 Å². The van der Waals surface area contributed by atoms with E-state index in [1.54, 1.807) is 18.2 Å². The summed E-state index contributed by atoms with van der Waals surface area (Å²) < 4.78 is 0. The Labute approximate surface area is 147 Å². The van der Waals surface area contributed by atoms with Gasteiger partial charge in [-0.05, 0) is 34.9 Å². The van der Waals surface area contributed by atoms with Gasteiger partial charge in [0.05, 0.1) is 0 Å². The van der Waals surface area contributed by atoms with Gasteiger partial charge in [0, 0.05) is 10.6 Å².